The number of rotatable bonds is 20. The molecule has 31 heteroatoms. The summed E-state index contributed by atoms with van der Waals surface area (Å²) in [6.07, 6.45) is 8.94. The lowest BCUT2D eigenvalue weighted by Crippen LogP contribution is -2.54. The van der Waals surface area contributed by atoms with E-state index >= 15 is 0 Å². The summed E-state index contributed by atoms with van der Waals surface area (Å²) >= 11 is 48.7. The maximum Gasteiger partial charge on any atom is 0.322 e. The molecule has 15 rings (SSSR count). The topological polar surface area (TPSA) is 262 Å². The lowest BCUT2D eigenvalue weighted by atomic mass is 9.81. The number of piperazine rings is 4. The second-order valence-electron chi connectivity index (χ2n) is 31.9. The lowest BCUT2D eigenvalue weighted by molar-refractivity contribution is -0.138. The van der Waals surface area contributed by atoms with Gasteiger partial charge in [0.1, 0.15) is 22.4 Å². The first kappa shape index (κ1) is 83.6. The molecule has 0 spiro atoms. The zero-order valence-electron chi connectivity index (χ0n) is 62.9. The monoisotopic (exact) mass is 1680 g/mol. The van der Waals surface area contributed by atoms with E-state index < -0.39 is 22.6 Å². The van der Waals surface area contributed by atoms with Crippen molar-refractivity contribution in [2.75, 3.05) is 124 Å². The highest BCUT2D eigenvalue weighted by Gasteiger charge is 2.59. The molecule has 4 N–H and O–H groups in total. The molecule has 11 aliphatic rings. The molecule has 11 fully saturated rings. The fourth-order valence-corrected chi connectivity index (χ4v) is 19.1. The highest BCUT2D eigenvalue weighted by Crippen LogP contribution is 2.49. The van der Waals surface area contributed by atoms with Crippen LogP contribution in [0.1, 0.15) is 118 Å². The molecule has 7 aliphatic heterocycles. The molecule has 23 nitrogen and oxygen atoms in total. The number of imide groups is 1. The Morgan fingerprint density at radius 3 is 0.829 bits per heavy atom. The summed E-state index contributed by atoms with van der Waals surface area (Å²) in [4.78, 5) is 153. The van der Waals surface area contributed by atoms with Crippen LogP contribution < -0.4 is 40.9 Å². The Hall–Kier alpha value is -6.83. The summed E-state index contributed by atoms with van der Waals surface area (Å²) in [6.45, 7) is 18.0. The van der Waals surface area contributed by atoms with Crippen molar-refractivity contribution in [3.8, 4) is 0 Å². The number of carbonyl (C=O) groups excluding carboxylic acids is 11. The minimum absolute atomic E-state index is 0.0164. The van der Waals surface area contributed by atoms with Crippen LogP contribution in [0.2, 0.25) is 40.2 Å². The molecule has 4 aromatic rings. The molecule has 4 saturated carbocycles. The van der Waals surface area contributed by atoms with E-state index in [1.165, 1.54) is 0 Å². The molecule has 4 aromatic carbocycles. The second-order valence-corrected chi connectivity index (χ2v) is 35.4. The number of amides is 9. The van der Waals surface area contributed by atoms with E-state index in [-0.39, 0.29) is 119 Å². The average Bonchev–Trinajstić information content (AvgIpc) is 1.65. The fraction of sp³-hybridized carbons (Fsp3) is 0.562. The second kappa shape index (κ2) is 35.5. The quantitative estimate of drug-likeness (QED) is 0.0474. The maximum atomic E-state index is 13.1. The van der Waals surface area contributed by atoms with Crippen molar-refractivity contribution in [3.05, 3.63) is 113 Å². The zero-order chi connectivity index (χ0) is 79.5. The van der Waals surface area contributed by atoms with Gasteiger partial charge in [0.25, 0.3) is 5.91 Å². The molecule has 7 heterocycles. The van der Waals surface area contributed by atoms with Crippen LogP contribution in [0.15, 0.2) is 72.8 Å². The van der Waals surface area contributed by atoms with Crippen molar-refractivity contribution < 1.29 is 52.7 Å². The van der Waals surface area contributed by atoms with Crippen molar-refractivity contribution in [2.24, 2.45) is 47.3 Å². The Balaban J connectivity index is 0.000000138. The van der Waals surface area contributed by atoms with Gasteiger partial charge in [-0.1, -0.05) is 121 Å². The Morgan fingerprint density at radius 1 is 0.351 bits per heavy atom. The number of hydrogen-bond donors (Lipinski definition) is 4. The molecular formula is C80H96Cl8N12O11. The van der Waals surface area contributed by atoms with Crippen LogP contribution in [0.3, 0.4) is 0 Å². The Bertz CT molecular complexity index is 3830. The van der Waals surface area contributed by atoms with E-state index in [4.69, 9.17) is 92.8 Å². The number of ketones is 3. The van der Waals surface area contributed by atoms with Crippen LogP contribution in [0.4, 0.5) is 27.5 Å². The van der Waals surface area contributed by atoms with Gasteiger partial charge in [0.2, 0.25) is 35.4 Å². The van der Waals surface area contributed by atoms with Crippen molar-refractivity contribution in [2.45, 2.75) is 134 Å². The van der Waals surface area contributed by atoms with E-state index in [0.717, 1.165) is 87.2 Å². The van der Waals surface area contributed by atoms with E-state index in [2.05, 4.69) is 40.9 Å². The Morgan fingerprint density at radius 2 is 0.604 bits per heavy atom. The van der Waals surface area contributed by atoms with Crippen LogP contribution in [0.25, 0.3) is 0 Å². The van der Waals surface area contributed by atoms with E-state index in [9.17, 15) is 52.7 Å². The minimum Gasteiger partial charge on any atom is -0.368 e. The van der Waals surface area contributed by atoms with Crippen molar-refractivity contribution in [3.63, 3.8) is 0 Å². The summed E-state index contributed by atoms with van der Waals surface area (Å²) in [5.41, 5.74) is 1.24. The molecule has 3 unspecified atom stereocenters. The normalized spacial score (nSPS) is 24.4. The van der Waals surface area contributed by atoms with Crippen LogP contribution in [-0.2, 0) is 47.9 Å². The molecule has 0 bridgehead atoms. The highest BCUT2D eigenvalue weighted by molar-refractivity contribution is 6.37. The van der Waals surface area contributed by atoms with Gasteiger partial charge >= 0.3 is 6.03 Å². The number of benzene rings is 4. The fourth-order valence-electron chi connectivity index (χ4n) is 17.0. The first-order valence-electron chi connectivity index (χ1n) is 38.6. The number of nitrogens with zero attached hydrogens (tertiary/aromatic N) is 8. The summed E-state index contributed by atoms with van der Waals surface area (Å²) in [5, 5.41) is 15.7. The van der Waals surface area contributed by atoms with Gasteiger partial charge < -0.3 is 55.1 Å². The van der Waals surface area contributed by atoms with Crippen LogP contribution >= 0.6 is 92.8 Å². The van der Waals surface area contributed by atoms with Gasteiger partial charge in [0.05, 0.1) is 12.8 Å². The van der Waals surface area contributed by atoms with Crippen molar-refractivity contribution in [1.82, 2.24) is 40.9 Å². The molecule has 111 heavy (non-hydrogen) atoms. The Labute approximate surface area is 687 Å². The van der Waals surface area contributed by atoms with Gasteiger partial charge in [-0.05, 0) is 161 Å². The van der Waals surface area contributed by atoms with Crippen LogP contribution in [-0.4, -0.2) is 206 Å². The summed E-state index contributed by atoms with van der Waals surface area (Å²) in [5.74, 6) is -0.866. The predicted molar refractivity (Wildman–Crippen MR) is 432 cm³/mol. The molecule has 0 aromatic heterocycles. The number of halogens is 8. The largest absolute Gasteiger partial charge is 0.368 e. The van der Waals surface area contributed by atoms with Gasteiger partial charge in [-0.15, -0.1) is 0 Å². The summed E-state index contributed by atoms with van der Waals surface area (Å²) in [6, 6.07) is 21.4. The van der Waals surface area contributed by atoms with Gasteiger partial charge in [-0.3, -0.25) is 53.3 Å². The third-order valence-electron chi connectivity index (χ3n) is 23.5. The summed E-state index contributed by atoms with van der Waals surface area (Å²) < 4.78 is 0. The number of carbonyl (C=O) groups is 11. The van der Waals surface area contributed by atoms with Crippen molar-refractivity contribution in [1.29, 1.82) is 0 Å². The smallest absolute Gasteiger partial charge is 0.322 e. The van der Waals surface area contributed by atoms with Gasteiger partial charge in [0.15, 0.2) is 11.6 Å². The van der Waals surface area contributed by atoms with Crippen molar-refractivity contribution >= 4 is 180 Å². The van der Waals surface area contributed by atoms with E-state index in [0.29, 0.717) is 157 Å². The van der Waals surface area contributed by atoms with Gasteiger partial charge in [-0.2, -0.15) is 0 Å². The molecule has 9 amide bonds. The number of Topliss-reactive ketones (excluding diaryl/α,β-unsaturated/α-hetero) is 3. The standard InChI is InChI=1S/2C21H25Cl2N3O3.C20H24Cl2N4O3.C18H22Cl2N2O2/c2*1-13(12-21(14-2-3-14)18(27)11-19(28)24-21)20(29)26-6-4-25(5-7-26)17-9-15(22)8-16(23)10-17;1-12(11-20(13-2-3-13)18(28)23-19(29)24-20)17(27)26-6-4-25(5-7-26)16-9-14(21)8-15(22)10-16;1-12(8-17(23)13-2-3-13)18(24)22-6-4-21(5-7-22)16-10-14(19)9-15(20)11-16/h2*8-10,13-14H,2-7,11-12H2,1H3,(H,24,28);8-10,12-13H,2-7,11H2,1H3,(H2,23,24,28,29);9-13H,2-8H2,1H3/t2*13-,21-;;/m10../s1. The first-order chi connectivity index (χ1) is 52.8. The third-order valence-corrected chi connectivity index (χ3v) is 25.2. The third kappa shape index (κ3) is 20.5. The van der Waals surface area contributed by atoms with E-state index in [1.54, 1.807) is 24.3 Å². The highest BCUT2D eigenvalue weighted by atomic mass is 35.5. The Kier molecular flexibility index (Phi) is 26.7. The molecule has 7 saturated heterocycles. The predicted octanol–water partition coefficient (Wildman–Crippen LogP) is 12.1. The summed E-state index contributed by atoms with van der Waals surface area (Å²) in [7, 11) is 0. The number of anilines is 4. The molecule has 598 valence electrons. The molecule has 4 aliphatic carbocycles. The van der Waals surface area contributed by atoms with Crippen LogP contribution in [0.5, 0.6) is 0 Å². The lowest BCUT2D eigenvalue weighted by Gasteiger charge is -2.38. The minimum atomic E-state index is -0.939. The van der Waals surface area contributed by atoms with Gasteiger partial charge in [-0.25, -0.2) is 4.79 Å². The maximum absolute atomic E-state index is 13.1. The SMILES string of the molecule is CC(CC(=O)C1CC1)C(=O)N1CCN(c2cc(Cl)cc(Cl)c2)CC1.CC(CC1(C2CC2)NC(=O)NC1=O)C(=O)N1CCN(c2cc(Cl)cc(Cl)c2)CC1.C[C@@H](C[C@@]1(C2CC2)NC(=O)CC1=O)C(=O)N1CCN(c2cc(Cl)cc(Cl)c2)CC1.C[C@H](C[C@]1(C2CC2)NC(=O)CC1=O)C(=O)N1CCN(c2cc(Cl)cc(Cl)c2)CC1. The number of urea groups is 1. The molecule has 0 radical (unpaired) electrons. The zero-order valence-corrected chi connectivity index (χ0v) is 68.9. The molecular weight excluding hydrogens is 1590 g/mol. The van der Waals surface area contributed by atoms with E-state index in [1.807, 2.05) is 95.8 Å². The van der Waals surface area contributed by atoms with Crippen LogP contribution in [0, 0.1) is 47.3 Å². The number of nitrogens with one attached hydrogen (secondary N) is 4. The molecule has 7 atom stereocenters. The average molecular weight is 1690 g/mol. The first-order valence-corrected chi connectivity index (χ1v) is 41.7. The van der Waals surface area contributed by atoms with Gasteiger partial charge in [0, 0.05) is 204 Å². The number of hydrogen-bond acceptors (Lipinski definition) is 15.